The second kappa shape index (κ2) is 6.14. The zero-order chi connectivity index (χ0) is 21.3. The highest BCUT2D eigenvalue weighted by atomic mass is 16.3. The lowest BCUT2D eigenvalue weighted by Crippen LogP contribution is -2.54. The van der Waals surface area contributed by atoms with Crippen molar-refractivity contribution in [3.05, 3.63) is 34.4 Å². The van der Waals surface area contributed by atoms with Crippen molar-refractivity contribution in [2.24, 2.45) is 23.2 Å². The monoisotopic (exact) mass is 423 g/mol. The predicted octanol–water partition coefficient (Wildman–Crippen LogP) is 3.62. The van der Waals surface area contributed by atoms with Crippen molar-refractivity contribution in [2.45, 2.75) is 101 Å². The molecule has 0 aromatic heterocycles. The SMILES string of the molecule is C[C@@H]1c2ccc3c(c2C2(O)C[C@H]4CCC1N2C4)CC1[C@H]3C[C@@H](O)C2C[C@@H](O)CC[C@@]21C. The summed E-state index contributed by atoms with van der Waals surface area (Å²) in [5, 5.41) is 33.7. The third-order valence-corrected chi connectivity index (χ3v) is 11.1. The standard InChI is InChI=1S/C27H37NO3/c1-14-17-4-5-18-19-11-24(30)22-9-16(29)7-8-26(22,2)21(19)10-20(18)25(17)27(31)12-15-3-6-23(14)28(27)13-15/h4-5,14-16,19,21-24,29-31H,3,6-13H2,1-2H3/t14-,15-,16+,19+,21?,22?,23?,24-,26-,27?/m1/s1. The maximum absolute atomic E-state index is 12.2. The van der Waals surface area contributed by atoms with Crippen LogP contribution in [0.15, 0.2) is 12.1 Å². The number of aliphatic hydroxyl groups is 3. The van der Waals surface area contributed by atoms with Gasteiger partial charge in [0.25, 0.3) is 0 Å². The Morgan fingerprint density at radius 3 is 2.68 bits per heavy atom. The van der Waals surface area contributed by atoms with Gasteiger partial charge in [0.15, 0.2) is 0 Å². The van der Waals surface area contributed by atoms with E-state index < -0.39 is 5.72 Å². The van der Waals surface area contributed by atoms with E-state index in [9.17, 15) is 15.3 Å². The van der Waals surface area contributed by atoms with E-state index in [-0.39, 0.29) is 23.5 Å². The molecule has 2 saturated heterocycles. The minimum Gasteiger partial charge on any atom is -0.393 e. The minimum absolute atomic E-state index is 0.0742. The van der Waals surface area contributed by atoms with E-state index in [0.717, 1.165) is 45.1 Å². The lowest BCUT2D eigenvalue weighted by Gasteiger charge is -2.55. The molecule has 3 aliphatic carbocycles. The van der Waals surface area contributed by atoms with Gasteiger partial charge in [0.2, 0.25) is 0 Å². The maximum atomic E-state index is 12.2. The molecular formula is C27H37NO3. The summed E-state index contributed by atoms with van der Waals surface area (Å²) in [5.74, 6) is 2.20. The molecule has 2 saturated carbocycles. The van der Waals surface area contributed by atoms with Gasteiger partial charge in [0.1, 0.15) is 5.72 Å². The van der Waals surface area contributed by atoms with Crippen molar-refractivity contribution in [2.75, 3.05) is 6.54 Å². The maximum Gasteiger partial charge on any atom is 0.145 e. The Morgan fingerprint density at radius 2 is 1.84 bits per heavy atom. The van der Waals surface area contributed by atoms with Crippen molar-refractivity contribution in [1.29, 1.82) is 0 Å². The van der Waals surface area contributed by atoms with Crippen molar-refractivity contribution in [3.8, 4) is 0 Å². The van der Waals surface area contributed by atoms with Crippen LogP contribution in [0, 0.1) is 23.2 Å². The third-order valence-electron chi connectivity index (χ3n) is 11.1. The Morgan fingerprint density at radius 1 is 1.03 bits per heavy atom. The molecule has 4 nitrogen and oxygen atoms in total. The van der Waals surface area contributed by atoms with E-state index in [1.54, 1.807) is 0 Å². The van der Waals surface area contributed by atoms with Crippen LogP contribution < -0.4 is 0 Å². The number of hydrogen-bond donors (Lipinski definition) is 3. The first-order valence-corrected chi connectivity index (χ1v) is 12.8. The van der Waals surface area contributed by atoms with E-state index in [0.29, 0.717) is 29.7 Å². The zero-order valence-corrected chi connectivity index (χ0v) is 18.9. The largest absolute Gasteiger partial charge is 0.393 e. The van der Waals surface area contributed by atoms with Gasteiger partial charge in [-0.25, -0.2) is 0 Å². The van der Waals surface area contributed by atoms with Gasteiger partial charge in [-0.1, -0.05) is 26.0 Å². The van der Waals surface area contributed by atoms with Gasteiger partial charge < -0.3 is 15.3 Å². The number of fused-ring (bicyclic) bond motifs is 9. The second-order valence-corrected chi connectivity index (χ2v) is 12.3. The van der Waals surface area contributed by atoms with Gasteiger partial charge in [-0.15, -0.1) is 0 Å². The van der Waals surface area contributed by atoms with Crippen LogP contribution in [-0.2, 0) is 12.1 Å². The molecule has 3 N–H and O–H groups in total. The fourth-order valence-corrected chi connectivity index (χ4v) is 9.64. The van der Waals surface area contributed by atoms with Crippen LogP contribution in [0.4, 0.5) is 0 Å². The molecule has 31 heavy (non-hydrogen) atoms. The molecule has 6 aliphatic rings. The van der Waals surface area contributed by atoms with Crippen LogP contribution in [-0.4, -0.2) is 45.0 Å². The van der Waals surface area contributed by atoms with Crippen LogP contribution in [0.5, 0.6) is 0 Å². The quantitative estimate of drug-likeness (QED) is 0.596. The first-order valence-electron chi connectivity index (χ1n) is 12.8. The van der Waals surface area contributed by atoms with Crippen LogP contribution in [0.1, 0.15) is 92.9 Å². The summed E-state index contributed by atoms with van der Waals surface area (Å²) >= 11 is 0. The molecule has 0 spiro atoms. The molecule has 4 heteroatoms. The van der Waals surface area contributed by atoms with Gasteiger partial charge in [0, 0.05) is 18.2 Å². The molecule has 1 aromatic carbocycles. The smallest absolute Gasteiger partial charge is 0.145 e. The lowest BCUT2D eigenvalue weighted by molar-refractivity contribution is -0.124. The van der Waals surface area contributed by atoms with Gasteiger partial charge in [0.05, 0.1) is 12.2 Å². The number of benzene rings is 1. The molecule has 168 valence electrons. The summed E-state index contributed by atoms with van der Waals surface area (Å²) in [7, 11) is 0. The molecule has 10 atom stereocenters. The lowest BCUT2D eigenvalue weighted by atomic mass is 9.51. The molecule has 4 fully saturated rings. The van der Waals surface area contributed by atoms with Crippen LogP contribution in [0.2, 0.25) is 0 Å². The first kappa shape index (κ1) is 19.5. The van der Waals surface area contributed by atoms with E-state index in [2.05, 4.69) is 30.9 Å². The second-order valence-electron chi connectivity index (χ2n) is 12.3. The number of piperidine rings is 1. The highest BCUT2D eigenvalue weighted by Gasteiger charge is 2.61. The topological polar surface area (TPSA) is 63.9 Å². The van der Waals surface area contributed by atoms with E-state index in [1.807, 2.05) is 0 Å². The van der Waals surface area contributed by atoms with E-state index >= 15 is 0 Å². The summed E-state index contributed by atoms with van der Waals surface area (Å²) in [6, 6.07) is 5.18. The molecule has 3 aliphatic heterocycles. The van der Waals surface area contributed by atoms with Crippen molar-refractivity contribution in [1.82, 2.24) is 4.90 Å². The molecule has 2 bridgehead atoms. The Bertz CT molecular complexity index is 947. The van der Waals surface area contributed by atoms with Crippen LogP contribution >= 0.6 is 0 Å². The molecule has 1 aromatic rings. The zero-order valence-electron chi connectivity index (χ0n) is 18.9. The normalized spacial score (nSPS) is 52.3. The predicted molar refractivity (Wildman–Crippen MR) is 119 cm³/mol. The van der Waals surface area contributed by atoms with Gasteiger partial charge in [-0.05, 0) is 103 Å². The Hall–Kier alpha value is -0.940. The van der Waals surface area contributed by atoms with Crippen LogP contribution in [0.3, 0.4) is 0 Å². The molecule has 4 unspecified atom stereocenters. The number of aliphatic hydroxyl groups excluding tert-OH is 2. The average molecular weight is 424 g/mol. The molecule has 0 radical (unpaired) electrons. The Kier molecular flexibility index (Phi) is 3.86. The first-order chi connectivity index (χ1) is 14.8. The van der Waals surface area contributed by atoms with Gasteiger partial charge >= 0.3 is 0 Å². The Balaban J connectivity index is 1.37. The summed E-state index contributed by atoms with van der Waals surface area (Å²) in [4.78, 5) is 2.47. The van der Waals surface area contributed by atoms with E-state index in [4.69, 9.17) is 0 Å². The molecule has 3 heterocycles. The molecule has 0 amide bonds. The van der Waals surface area contributed by atoms with Crippen molar-refractivity contribution in [3.63, 3.8) is 0 Å². The minimum atomic E-state index is -0.784. The van der Waals surface area contributed by atoms with E-state index in [1.165, 1.54) is 35.1 Å². The number of hydrogen-bond acceptors (Lipinski definition) is 4. The molecule has 7 rings (SSSR count). The fourth-order valence-electron chi connectivity index (χ4n) is 9.64. The summed E-state index contributed by atoms with van der Waals surface area (Å²) < 4.78 is 0. The Labute approximate surface area is 185 Å². The molecular weight excluding hydrogens is 386 g/mol. The third kappa shape index (κ3) is 2.31. The van der Waals surface area contributed by atoms with Gasteiger partial charge in [-0.2, -0.15) is 0 Å². The number of nitrogens with zero attached hydrogens (tertiary/aromatic N) is 1. The van der Waals surface area contributed by atoms with Crippen LogP contribution in [0.25, 0.3) is 0 Å². The fraction of sp³-hybridized carbons (Fsp3) is 0.778. The van der Waals surface area contributed by atoms with Crippen molar-refractivity contribution >= 4 is 0 Å². The average Bonchev–Trinajstić information content (AvgIpc) is 3.25. The van der Waals surface area contributed by atoms with Crippen molar-refractivity contribution < 1.29 is 15.3 Å². The highest BCUT2D eigenvalue weighted by molar-refractivity contribution is 5.53. The number of rotatable bonds is 0. The summed E-state index contributed by atoms with van der Waals surface area (Å²) in [6.45, 7) is 5.82. The highest BCUT2D eigenvalue weighted by Crippen LogP contribution is 2.64. The van der Waals surface area contributed by atoms with Gasteiger partial charge in [-0.3, -0.25) is 4.90 Å². The summed E-state index contributed by atoms with van der Waals surface area (Å²) in [5.41, 5.74) is 4.78. The summed E-state index contributed by atoms with van der Waals surface area (Å²) in [6.07, 6.45) is 7.22.